The van der Waals surface area contributed by atoms with Crippen LogP contribution < -0.4 is 14.2 Å². The van der Waals surface area contributed by atoms with Crippen LogP contribution in [0.1, 0.15) is 29.9 Å². The fourth-order valence-electron chi connectivity index (χ4n) is 3.02. The molecular formula is C21H23ClO6. The van der Waals surface area contributed by atoms with Crippen molar-refractivity contribution >= 4 is 17.6 Å². The maximum absolute atomic E-state index is 10.9. The topological polar surface area (TPSA) is 74.2 Å². The summed E-state index contributed by atoms with van der Waals surface area (Å²) < 4.78 is 22.1. The second-order valence-electron chi connectivity index (χ2n) is 6.54. The number of ether oxygens (including phenoxy) is 4. The Morgan fingerprint density at radius 2 is 1.96 bits per heavy atom. The molecule has 3 rings (SSSR count). The van der Waals surface area contributed by atoms with Crippen LogP contribution in [0.15, 0.2) is 36.4 Å². The third-order valence-corrected chi connectivity index (χ3v) is 4.82. The number of hydrogen-bond donors (Lipinski definition) is 1. The highest BCUT2D eigenvalue weighted by atomic mass is 35.5. The Morgan fingerprint density at radius 3 is 2.71 bits per heavy atom. The lowest BCUT2D eigenvalue weighted by Gasteiger charge is -2.11. The van der Waals surface area contributed by atoms with Gasteiger partial charge in [-0.3, -0.25) is 4.79 Å². The van der Waals surface area contributed by atoms with Crippen LogP contribution in [-0.4, -0.2) is 38.0 Å². The van der Waals surface area contributed by atoms with Crippen molar-refractivity contribution in [2.24, 2.45) is 0 Å². The molecule has 28 heavy (non-hydrogen) atoms. The average Bonchev–Trinajstić information content (AvgIpc) is 3.06. The molecule has 7 heteroatoms. The largest absolute Gasteiger partial charge is 0.493 e. The predicted molar refractivity (Wildman–Crippen MR) is 105 cm³/mol. The van der Waals surface area contributed by atoms with Crippen LogP contribution in [0, 0.1) is 0 Å². The van der Waals surface area contributed by atoms with Crippen molar-refractivity contribution in [3.8, 4) is 17.2 Å². The molecule has 6 nitrogen and oxygen atoms in total. The zero-order valence-corrected chi connectivity index (χ0v) is 16.4. The number of rotatable bonds is 10. The SMILES string of the molecule is COCCCOc1ccc(COc2ccc3c(c2)OCC3CC(=O)O)c(Cl)c1. The van der Waals surface area contributed by atoms with E-state index in [1.54, 1.807) is 19.2 Å². The molecule has 0 aliphatic carbocycles. The zero-order chi connectivity index (χ0) is 19.9. The van der Waals surface area contributed by atoms with Crippen molar-refractivity contribution in [3.63, 3.8) is 0 Å². The maximum Gasteiger partial charge on any atom is 0.304 e. The Hall–Kier alpha value is -2.44. The molecule has 0 saturated carbocycles. The van der Waals surface area contributed by atoms with Gasteiger partial charge in [0, 0.05) is 43.2 Å². The molecule has 1 N–H and O–H groups in total. The summed E-state index contributed by atoms with van der Waals surface area (Å²) >= 11 is 6.33. The van der Waals surface area contributed by atoms with Crippen molar-refractivity contribution in [2.45, 2.75) is 25.4 Å². The molecule has 0 bridgehead atoms. The molecule has 0 aromatic heterocycles. The first-order valence-corrected chi connectivity index (χ1v) is 9.46. The molecule has 150 valence electrons. The Morgan fingerprint density at radius 1 is 1.18 bits per heavy atom. The van der Waals surface area contributed by atoms with Gasteiger partial charge in [0.2, 0.25) is 0 Å². The van der Waals surface area contributed by atoms with E-state index in [1.165, 1.54) is 0 Å². The summed E-state index contributed by atoms with van der Waals surface area (Å²) in [4.78, 5) is 10.9. The van der Waals surface area contributed by atoms with Crippen molar-refractivity contribution in [1.29, 1.82) is 0 Å². The summed E-state index contributed by atoms with van der Waals surface area (Å²) in [5.41, 5.74) is 1.75. The Balaban J connectivity index is 1.56. The van der Waals surface area contributed by atoms with Crippen molar-refractivity contribution in [1.82, 2.24) is 0 Å². The minimum Gasteiger partial charge on any atom is -0.493 e. The summed E-state index contributed by atoms with van der Waals surface area (Å²) in [6.07, 6.45) is 0.870. The molecule has 1 atom stereocenters. The van der Waals surface area contributed by atoms with Gasteiger partial charge in [-0.15, -0.1) is 0 Å². The lowest BCUT2D eigenvalue weighted by Crippen LogP contribution is -2.07. The van der Waals surface area contributed by atoms with Crippen LogP contribution in [0.4, 0.5) is 0 Å². The number of carboxylic acid groups (broad SMARTS) is 1. The molecule has 1 unspecified atom stereocenters. The van der Waals surface area contributed by atoms with Crippen LogP contribution in [0.3, 0.4) is 0 Å². The summed E-state index contributed by atoms with van der Waals surface area (Å²) in [7, 11) is 1.66. The van der Waals surface area contributed by atoms with E-state index in [4.69, 9.17) is 35.7 Å². The zero-order valence-electron chi connectivity index (χ0n) is 15.7. The summed E-state index contributed by atoms with van der Waals surface area (Å²) in [5, 5.41) is 9.55. The van der Waals surface area contributed by atoms with Gasteiger partial charge in [0.05, 0.1) is 24.7 Å². The summed E-state index contributed by atoms with van der Waals surface area (Å²) in [5.74, 6) is 1.08. The Bertz CT molecular complexity index is 823. The van der Waals surface area contributed by atoms with Gasteiger partial charge in [-0.25, -0.2) is 0 Å². The minimum absolute atomic E-state index is 0.0582. The molecule has 2 aromatic carbocycles. The van der Waals surface area contributed by atoms with E-state index >= 15 is 0 Å². The van der Waals surface area contributed by atoms with Crippen LogP contribution in [-0.2, 0) is 16.1 Å². The van der Waals surface area contributed by atoms with Gasteiger partial charge < -0.3 is 24.1 Å². The Kier molecular flexibility index (Phi) is 7.01. The summed E-state index contributed by atoms with van der Waals surface area (Å²) in [6, 6.07) is 11.0. The number of hydrogen-bond acceptors (Lipinski definition) is 5. The maximum atomic E-state index is 10.9. The van der Waals surface area contributed by atoms with E-state index in [-0.39, 0.29) is 12.3 Å². The van der Waals surface area contributed by atoms with Crippen molar-refractivity contribution < 1.29 is 28.8 Å². The van der Waals surface area contributed by atoms with E-state index in [9.17, 15) is 4.79 Å². The lowest BCUT2D eigenvalue weighted by atomic mass is 9.98. The predicted octanol–water partition coefficient (Wildman–Crippen LogP) is 4.29. The van der Waals surface area contributed by atoms with Gasteiger partial charge in [0.25, 0.3) is 0 Å². The standard InChI is InChI=1S/C21H23ClO6/c1-25-7-2-8-26-16-4-3-14(19(22)10-16)12-27-17-5-6-18-15(9-21(23)24)13-28-20(18)11-17/h3-6,10-11,15H,2,7-9,12-13H2,1H3,(H,23,24). The van der Waals surface area contributed by atoms with E-state index < -0.39 is 5.97 Å². The average molecular weight is 407 g/mol. The lowest BCUT2D eigenvalue weighted by molar-refractivity contribution is -0.137. The fraction of sp³-hybridized carbons (Fsp3) is 0.381. The number of carboxylic acids is 1. The van der Waals surface area contributed by atoms with Gasteiger partial charge in [0.15, 0.2) is 0 Å². The first kappa shape index (κ1) is 20.3. The van der Waals surface area contributed by atoms with Gasteiger partial charge >= 0.3 is 5.97 Å². The van der Waals surface area contributed by atoms with Crippen molar-refractivity contribution in [3.05, 3.63) is 52.5 Å². The number of benzene rings is 2. The van der Waals surface area contributed by atoms with Crippen LogP contribution in [0.5, 0.6) is 17.2 Å². The smallest absolute Gasteiger partial charge is 0.304 e. The van der Waals surface area contributed by atoms with Gasteiger partial charge in [-0.2, -0.15) is 0 Å². The number of halogens is 1. The highest BCUT2D eigenvalue weighted by molar-refractivity contribution is 6.31. The molecule has 0 saturated heterocycles. The van der Waals surface area contributed by atoms with Gasteiger partial charge in [-0.05, 0) is 18.2 Å². The highest BCUT2D eigenvalue weighted by Crippen LogP contribution is 2.38. The van der Waals surface area contributed by atoms with Gasteiger partial charge in [-0.1, -0.05) is 23.7 Å². The van der Waals surface area contributed by atoms with E-state index in [2.05, 4.69) is 0 Å². The first-order chi connectivity index (χ1) is 13.6. The van der Waals surface area contributed by atoms with Crippen LogP contribution in [0.25, 0.3) is 0 Å². The molecule has 1 heterocycles. The number of fused-ring (bicyclic) bond motifs is 1. The first-order valence-electron chi connectivity index (χ1n) is 9.08. The normalized spacial score (nSPS) is 15.0. The van der Waals surface area contributed by atoms with E-state index in [0.29, 0.717) is 48.7 Å². The molecule has 0 radical (unpaired) electrons. The molecule has 0 spiro atoms. The molecule has 2 aromatic rings. The Labute approximate surface area is 168 Å². The van der Waals surface area contributed by atoms with E-state index in [1.807, 2.05) is 24.3 Å². The van der Waals surface area contributed by atoms with Crippen LogP contribution >= 0.6 is 11.6 Å². The van der Waals surface area contributed by atoms with Gasteiger partial charge in [0.1, 0.15) is 23.9 Å². The monoisotopic (exact) mass is 406 g/mol. The molecular weight excluding hydrogens is 384 g/mol. The number of methoxy groups -OCH3 is 1. The van der Waals surface area contributed by atoms with Crippen molar-refractivity contribution in [2.75, 3.05) is 26.9 Å². The number of aliphatic carboxylic acids is 1. The van der Waals surface area contributed by atoms with Crippen LogP contribution in [0.2, 0.25) is 5.02 Å². The fourth-order valence-corrected chi connectivity index (χ4v) is 3.24. The molecule has 1 aliphatic rings. The minimum atomic E-state index is -0.831. The highest BCUT2D eigenvalue weighted by Gasteiger charge is 2.26. The third kappa shape index (κ3) is 5.30. The third-order valence-electron chi connectivity index (χ3n) is 4.47. The quantitative estimate of drug-likeness (QED) is 0.593. The summed E-state index contributed by atoms with van der Waals surface area (Å²) in [6.45, 7) is 1.90. The molecule has 1 aliphatic heterocycles. The number of carbonyl (C=O) groups is 1. The van der Waals surface area contributed by atoms with E-state index in [0.717, 1.165) is 17.5 Å². The molecule has 0 amide bonds. The second-order valence-corrected chi connectivity index (χ2v) is 6.95. The molecule has 0 fully saturated rings. The second kappa shape index (κ2) is 9.66.